The summed E-state index contributed by atoms with van der Waals surface area (Å²) >= 11 is 0. The van der Waals surface area contributed by atoms with Crippen molar-refractivity contribution >= 4 is 44.9 Å². The lowest BCUT2D eigenvalue weighted by atomic mass is 9.98. The van der Waals surface area contributed by atoms with Gasteiger partial charge in [0.15, 0.2) is 6.04 Å². The van der Waals surface area contributed by atoms with Crippen molar-refractivity contribution in [1.82, 2.24) is 4.57 Å². The van der Waals surface area contributed by atoms with Crippen LogP contribution in [0.2, 0.25) is 0 Å². The zero-order valence-corrected chi connectivity index (χ0v) is 19.4. The number of aryl methyl sites for hydroxylation is 2. The van der Waals surface area contributed by atoms with Crippen molar-refractivity contribution in [2.75, 3.05) is 16.9 Å². The van der Waals surface area contributed by atoms with Gasteiger partial charge in [0.2, 0.25) is 0 Å². The smallest absolute Gasteiger partial charge is 0.329 e. The number of fused-ring (bicyclic) bond motifs is 4. The number of nitrogens with zero attached hydrogens (tertiary/aromatic N) is 2. The first-order chi connectivity index (χ1) is 16.5. The van der Waals surface area contributed by atoms with E-state index in [1.807, 2.05) is 54.7 Å². The fourth-order valence-electron chi connectivity index (χ4n) is 4.94. The Labute approximate surface area is 198 Å². The largest absolute Gasteiger partial charge is 0.347 e. The molecule has 0 spiro atoms. The lowest BCUT2D eigenvalue weighted by Gasteiger charge is -2.36. The number of anilines is 2. The fourth-order valence-corrected chi connectivity index (χ4v) is 4.94. The van der Waals surface area contributed by atoms with E-state index in [9.17, 15) is 9.59 Å². The molecule has 0 saturated carbocycles. The molecule has 1 aliphatic heterocycles. The molecule has 1 aliphatic rings. The molecule has 1 aromatic heterocycles. The second-order valence-electron chi connectivity index (χ2n) is 8.57. The van der Waals surface area contributed by atoms with Crippen molar-refractivity contribution in [3.63, 3.8) is 0 Å². The van der Waals surface area contributed by atoms with E-state index >= 15 is 0 Å². The van der Waals surface area contributed by atoms with Gasteiger partial charge in [-0.1, -0.05) is 55.5 Å². The summed E-state index contributed by atoms with van der Waals surface area (Å²) in [4.78, 5) is 31.5. The maximum atomic E-state index is 13.5. The van der Waals surface area contributed by atoms with Crippen LogP contribution in [0, 0.1) is 0 Å². The van der Waals surface area contributed by atoms with E-state index in [-0.39, 0.29) is 5.91 Å². The summed E-state index contributed by atoms with van der Waals surface area (Å²) in [6.45, 7) is 4.79. The van der Waals surface area contributed by atoms with Crippen molar-refractivity contribution < 1.29 is 14.4 Å². The normalized spacial score (nSPS) is 15.4. The minimum absolute atomic E-state index is 0.246. The summed E-state index contributed by atoms with van der Waals surface area (Å²) in [7, 11) is 0. The number of rotatable bonds is 6. The van der Waals surface area contributed by atoms with Gasteiger partial charge in [0.05, 0.1) is 11.2 Å². The topological polar surface area (TPSA) is 89.6 Å². The lowest BCUT2D eigenvalue weighted by molar-refractivity contribution is -0.144. The molecule has 3 aromatic carbocycles. The molecule has 2 heterocycles. The Kier molecular flexibility index (Phi) is 5.71. The van der Waals surface area contributed by atoms with E-state index in [1.54, 1.807) is 0 Å². The number of hydrogen-bond acceptors (Lipinski definition) is 5. The number of benzene rings is 3. The number of amides is 1. The first-order valence-electron chi connectivity index (χ1n) is 11.6. The highest BCUT2D eigenvalue weighted by Crippen LogP contribution is 2.45. The Morgan fingerprint density at radius 3 is 2.65 bits per heavy atom. The summed E-state index contributed by atoms with van der Waals surface area (Å²) < 4.78 is 2.17. The molecule has 4 aromatic rings. The zero-order valence-electron chi connectivity index (χ0n) is 19.4. The SMILES string of the molecule is CCc1cccc2c(C3C(=O)Nc4ccc5ccccc5c4N3OC(C)=O)cn(CCCN)c12. The predicted octanol–water partition coefficient (Wildman–Crippen LogP) is 4.68. The zero-order chi connectivity index (χ0) is 23.8. The number of carbonyl (C=O) groups is 2. The maximum Gasteiger partial charge on any atom is 0.329 e. The molecule has 34 heavy (non-hydrogen) atoms. The number of hydroxylamine groups is 1. The minimum Gasteiger partial charge on any atom is -0.347 e. The minimum atomic E-state index is -0.837. The highest BCUT2D eigenvalue weighted by Gasteiger charge is 2.39. The third kappa shape index (κ3) is 3.58. The Morgan fingerprint density at radius 2 is 1.88 bits per heavy atom. The van der Waals surface area contributed by atoms with Gasteiger partial charge in [0.1, 0.15) is 5.69 Å². The van der Waals surface area contributed by atoms with Crippen LogP contribution in [0.1, 0.15) is 37.4 Å². The molecular weight excluding hydrogens is 428 g/mol. The van der Waals surface area contributed by atoms with Crippen LogP contribution < -0.4 is 16.1 Å². The Bertz CT molecular complexity index is 1410. The molecule has 174 valence electrons. The van der Waals surface area contributed by atoms with E-state index in [0.717, 1.165) is 46.6 Å². The van der Waals surface area contributed by atoms with Crippen molar-refractivity contribution in [3.8, 4) is 0 Å². The molecular formula is C27H28N4O3. The second-order valence-corrected chi connectivity index (χ2v) is 8.57. The van der Waals surface area contributed by atoms with Crippen molar-refractivity contribution in [2.24, 2.45) is 5.73 Å². The van der Waals surface area contributed by atoms with E-state index in [0.29, 0.717) is 17.9 Å². The average Bonchev–Trinajstić information content (AvgIpc) is 3.20. The molecule has 1 amide bonds. The van der Waals surface area contributed by atoms with E-state index < -0.39 is 12.0 Å². The van der Waals surface area contributed by atoms with E-state index in [1.165, 1.54) is 17.6 Å². The van der Waals surface area contributed by atoms with Crippen molar-refractivity contribution in [2.45, 2.75) is 39.3 Å². The lowest BCUT2D eigenvalue weighted by Crippen LogP contribution is -2.42. The number of aromatic nitrogens is 1. The number of carbonyl (C=O) groups excluding carboxylic acids is 2. The van der Waals surface area contributed by atoms with Crippen LogP contribution in [0.25, 0.3) is 21.7 Å². The summed E-state index contributed by atoms with van der Waals surface area (Å²) in [5, 5.41) is 7.39. The molecule has 1 atom stereocenters. The molecule has 0 fully saturated rings. The van der Waals surface area contributed by atoms with Crippen molar-refractivity contribution in [1.29, 1.82) is 0 Å². The number of hydrogen-bond donors (Lipinski definition) is 2. The monoisotopic (exact) mass is 456 g/mol. The standard InChI is InChI=1S/C27H28N4O3/c1-3-18-9-6-11-21-22(16-30(24(18)21)15-7-14-28)26-27(33)29-23-13-12-19-8-4-5-10-20(19)25(23)31(26)34-17(2)32/h4-6,8-13,16,26H,3,7,14-15,28H2,1-2H3,(H,29,33). The third-order valence-corrected chi connectivity index (χ3v) is 6.38. The highest BCUT2D eigenvalue weighted by atomic mass is 16.7. The maximum absolute atomic E-state index is 13.5. The Balaban J connectivity index is 1.76. The molecule has 0 aliphatic carbocycles. The van der Waals surface area contributed by atoms with Gasteiger partial charge >= 0.3 is 5.97 Å². The Morgan fingerprint density at radius 1 is 1.09 bits per heavy atom. The van der Waals surface area contributed by atoms with Gasteiger partial charge in [0.25, 0.3) is 5.91 Å². The molecule has 3 N–H and O–H groups in total. The number of nitrogens with one attached hydrogen (secondary N) is 1. The van der Waals surface area contributed by atoms with Crippen LogP contribution >= 0.6 is 0 Å². The summed E-state index contributed by atoms with van der Waals surface area (Å²) in [5.74, 6) is -0.733. The molecule has 0 bridgehead atoms. The average molecular weight is 457 g/mol. The first kappa shape index (κ1) is 22.0. The van der Waals surface area contributed by atoms with Gasteiger partial charge in [-0.25, -0.2) is 0 Å². The van der Waals surface area contributed by atoms with Crippen molar-refractivity contribution in [3.05, 3.63) is 71.9 Å². The van der Waals surface area contributed by atoms with Gasteiger partial charge in [-0.05, 0) is 36.4 Å². The highest BCUT2D eigenvalue weighted by molar-refractivity contribution is 6.12. The van der Waals surface area contributed by atoms with Gasteiger partial charge in [-0.2, -0.15) is 5.06 Å². The van der Waals surface area contributed by atoms with E-state index in [4.69, 9.17) is 10.6 Å². The van der Waals surface area contributed by atoms with Crippen LogP contribution in [-0.4, -0.2) is 23.0 Å². The molecule has 5 rings (SSSR count). The van der Waals surface area contributed by atoms with Gasteiger partial charge in [0, 0.05) is 36.0 Å². The summed E-state index contributed by atoms with van der Waals surface area (Å²) in [6.07, 6.45) is 3.69. The predicted molar refractivity (Wildman–Crippen MR) is 135 cm³/mol. The van der Waals surface area contributed by atoms with Gasteiger partial charge in [-0.3, -0.25) is 9.59 Å². The van der Waals surface area contributed by atoms with Crippen LogP contribution in [0.15, 0.2) is 60.8 Å². The molecule has 0 radical (unpaired) electrons. The third-order valence-electron chi connectivity index (χ3n) is 6.38. The Hall–Kier alpha value is -3.84. The molecule has 7 nitrogen and oxygen atoms in total. The second kappa shape index (κ2) is 8.83. The van der Waals surface area contributed by atoms with Gasteiger partial charge < -0.3 is 20.5 Å². The molecule has 0 saturated heterocycles. The van der Waals surface area contributed by atoms with Crippen LogP contribution in [-0.2, 0) is 27.4 Å². The number of para-hydroxylation sites is 1. The fraction of sp³-hybridized carbons (Fsp3) is 0.259. The summed E-state index contributed by atoms with van der Waals surface area (Å²) in [6, 6.07) is 17.0. The van der Waals surface area contributed by atoms with Crippen LogP contribution in [0.4, 0.5) is 11.4 Å². The quantitative estimate of drug-likeness (QED) is 0.440. The first-order valence-corrected chi connectivity index (χ1v) is 11.6. The molecule has 7 heteroatoms. The number of nitrogens with two attached hydrogens (primary N) is 1. The summed E-state index contributed by atoms with van der Waals surface area (Å²) in [5.41, 5.74) is 10.2. The van der Waals surface area contributed by atoms with Crippen LogP contribution in [0.3, 0.4) is 0 Å². The van der Waals surface area contributed by atoms with Gasteiger partial charge in [-0.15, -0.1) is 0 Å². The van der Waals surface area contributed by atoms with E-state index in [2.05, 4.69) is 22.9 Å². The van der Waals surface area contributed by atoms with Crippen LogP contribution in [0.5, 0.6) is 0 Å². The molecule has 1 unspecified atom stereocenters.